The van der Waals surface area contributed by atoms with Crippen molar-refractivity contribution < 1.29 is 37.8 Å². The van der Waals surface area contributed by atoms with E-state index < -0.39 is 5.60 Å². The standard InChI is InChI=1S/C4H10O.C2H7N2.Y/c1-4(2,3)5;1-2-4-3;/h5H,1-3H3;2-3H2,1H3;/q;-1;. The number of hydrogen-bond acceptors (Lipinski definition) is 2. The van der Waals surface area contributed by atoms with Crippen LogP contribution in [0.2, 0.25) is 0 Å². The maximum absolute atomic E-state index is 8.52. The average molecular weight is 222 g/mol. The third-order valence-corrected chi connectivity index (χ3v) is 0.183. The van der Waals surface area contributed by atoms with E-state index in [9.17, 15) is 0 Å². The van der Waals surface area contributed by atoms with Crippen molar-refractivity contribution in [1.29, 1.82) is 0 Å². The van der Waals surface area contributed by atoms with Crippen LogP contribution in [0.15, 0.2) is 0 Å². The summed E-state index contributed by atoms with van der Waals surface area (Å²) in [6.07, 6.45) is 0. The molecular weight excluding hydrogens is 205 g/mol. The zero-order chi connectivity index (χ0) is 7.91. The van der Waals surface area contributed by atoms with Crippen molar-refractivity contribution in [2.45, 2.75) is 33.3 Å². The van der Waals surface area contributed by atoms with Crippen LogP contribution in [0.25, 0.3) is 5.43 Å². The maximum Gasteiger partial charge on any atom is 0.0563 e. The minimum Gasteiger partial charge on any atom is -0.600 e. The van der Waals surface area contributed by atoms with Crippen LogP contribution in [-0.2, 0) is 32.7 Å². The Hall–Kier alpha value is 0.984. The van der Waals surface area contributed by atoms with E-state index in [0.29, 0.717) is 0 Å². The topological polar surface area (TPSA) is 60.3 Å². The van der Waals surface area contributed by atoms with Crippen LogP contribution >= 0.6 is 0 Å². The molecule has 3 N–H and O–H groups in total. The molecule has 3 nitrogen and oxygen atoms in total. The molecule has 4 heteroatoms. The fourth-order valence-electron chi connectivity index (χ4n) is 0. The summed E-state index contributed by atoms with van der Waals surface area (Å²) in [5.74, 6) is 4.65. The number of nitrogens with two attached hydrogens (primary N) is 1. The number of rotatable bonds is 1. The molecule has 0 atom stereocenters. The Morgan fingerprint density at radius 1 is 1.40 bits per heavy atom. The van der Waals surface area contributed by atoms with Gasteiger partial charge in [0, 0.05) is 32.7 Å². The largest absolute Gasteiger partial charge is 0.600 e. The number of nitrogens with zero attached hydrogens (tertiary/aromatic N) is 1. The molecule has 0 heterocycles. The first-order valence-corrected chi connectivity index (χ1v) is 3.01. The average Bonchev–Trinajstić information content (AvgIpc) is 1.61. The van der Waals surface area contributed by atoms with E-state index in [4.69, 9.17) is 5.11 Å². The Morgan fingerprint density at radius 3 is 1.50 bits per heavy atom. The van der Waals surface area contributed by atoms with Gasteiger partial charge in [-0.1, -0.05) is 6.92 Å². The molecule has 0 saturated heterocycles. The minimum absolute atomic E-state index is 0. The molecule has 0 aliphatic heterocycles. The fraction of sp³-hybridized carbons (Fsp3) is 1.00. The Balaban J connectivity index is -0.0000000910. The van der Waals surface area contributed by atoms with Gasteiger partial charge in [0.2, 0.25) is 0 Å². The molecule has 61 valence electrons. The second-order valence-electron chi connectivity index (χ2n) is 2.67. The molecule has 0 amide bonds. The van der Waals surface area contributed by atoms with Gasteiger partial charge in [-0.25, -0.2) is 0 Å². The van der Waals surface area contributed by atoms with Crippen molar-refractivity contribution in [2.24, 2.45) is 5.84 Å². The van der Waals surface area contributed by atoms with Gasteiger partial charge in [0.05, 0.1) is 5.60 Å². The summed E-state index contributed by atoms with van der Waals surface area (Å²) in [5.41, 5.74) is 2.74. The maximum atomic E-state index is 8.52. The molecule has 0 aromatic carbocycles. The van der Waals surface area contributed by atoms with Crippen molar-refractivity contribution >= 4 is 0 Å². The van der Waals surface area contributed by atoms with Gasteiger partial charge in [0.1, 0.15) is 0 Å². The first kappa shape index (κ1) is 17.2. The van der Waals surface area contributed by atoms with E-state index in [1.54, 1.807) is 20.8 Å². The summed E-state index contributed by atoms with van der Waals surface area (Å²) in [6.45, 7) is 7.84. The summed E-state index contributed by atoms with van der Waals surface area (Å²) < 4.78 is 0. The normalized spacial score (nSPS) is 9.00. The molecule has 0 aromatic heterocycles. The van der Waals surface area contributed by atoms with Gasteiger partial charge < -0.3 is 16.4 Å². The predicted octanol–water partition coefficient (Wildman–Crippen LogP) is 1.03. The van der Waals surface area contributed by atoms with Crippen molar-refractivity contribution in [3.05, 3.63) is 5.43 Å². The molecule has 10 heavy (non-hydrogen) atoms. The van der Waals surface area contributed by atoms with E-state index >= 15 is 0 Å². The summed E-state index contributed by atoms with van der Waals surface area (Å²) >= 11 is 0. The number of aliphatic hydroxyl groups is 1. The molecule has 0 aliphatic carbocycles. The Kier molecular flexibility index (Phi) is 17.1. The second kappa shape index (κ2) is 9.98. The van der Waals surface area contributed by atoms with Gasteiger partial charge in [-0.15, -0.1) is 6.54 Å². The summed E-state index contributed by atoms with van der Waals surface area (Å²) in [4.78, 5) is 0. The molecule has 0 fully saturated rings. The van der Waals surface area contributed by atoms with Crippen LogP contribution in [0.3, 0.4) is 0 Å². The van der Waals surface area contributed by atoms with E-state index in [1.165, 1.54) is 0 Å². The van der Waals surface area contributed by atoms with Crippen LogP contribution in [0.5, 0.6) is 0 Å². The molecule has 0 saturated carbocycles. The Morgan fingerprint density at radius 2 is 1.50 bits per heavy atom. The van der Waals surface area contributed by atoms with Crippen LogP contribution < -0.4 is 5.84 Å². The van der Waals surface area contributed by atoms with Gasteiger partial charge in [-0.2, -0.15) is 0 Å². The summed E-state index contributed by atoms with van der Waals surface area (Å²) in [7, 11) is 0. The third kappa shape index (κ3) is 145. The molecule has 0 rings (SSSR count). The minimum atomic E-state index is -0.500. The molecule has 0 bridgehead atoms. The summed E-state index contributed by atoms with van der Waals surface area (Å²) in [5, 5.41) is 8.52. The van der Waals surface area contributed by atoms with Crippen LogP contribution in [-0.4, -0.2) is 17.3 Å². The first-order valence-electron chi connectivity index (χ1n) is 3.01. The predicted molar refractivity (Wildman–Crippen MR) is 40.1 cm³/mol. The Labute approximate surface area is 88.6 Å². The van der Waals surface area contributed by atoms with E-state index in [-0.39, 0.29) is 32.7 Å². The van der Waals surface area contributed by atoms with Gasteiger partial charge >= 0.3 is 0 Å². The summed E-state index contributed by atoms with van der Waals surface area (Å²) in [6, 6.07) is 0. The number of hydrogen-bond donors (Lipinski definition) is 2. The van der Waals surface area contributed by atoms with E-state index in [0.717, 1.165) is 6.54 Å². The van der Waals surface area contributed by atoms with Crippen LogP contribution in [0, 0.1) is 0 Å². The second-order valence-corrected chi connectivity index (χ2v) is 2.67. The quantitative estimate of drug-likeness (QED) is 0.514. The molecule has 0 aliphatic rings. The zero-order valence-electron chi connectivity index (χ0n) is 7.26. The van der Waals surface area contributed by atoms with Crippen molar-refractivity contribution in [3.63, 3.8) is 0 Å². The van der Waals surface area contributed by atoms with Crippen LogP contribution in [0.1, 0.15) is 27.7 Å². The van der Waals surface area contributed by atoms with E-state index in [2.05, 4.69) is 11.3 Å². The monoisotopic (exact) mass is 222 g/mol. The van der Waals surface area contributed by atoms with E-state index in [1.807, 2.05) is 6.92 Å². The first-order chi connectivity index (χ1) is 3.91. The SMILES string of the molecule is CC(C)(C)O.CC[N-]N.[Y]. The molecule has 0 spiro atoms. The van der Waals surface area contributed by atoms with Gasteiger partial charge in [0.15, 0.2) is 0 Å². The molecule has 1 radical (unpaired) electrons. The molecular formula is C6H17N2OY-. The van der Waals surface area contributed by atoms with Gasteiger partial charge in [-0.05, 0) is 20.8 Å². The molecule has 0 aromatic rings. The fourth-order valence-corrected chi connectivity index (χ4v) is 0. The van der Waals surface area contributed by atoms with Crippen molar-refractivity contribution in [3.8, 4) is 0 Å². The van der Waals surface area contributed by atoms with Crippen LogP contribution in [0.4, 0.5) is 0 Å². The molecule has 0 unspecified atom stereocenters. The smallest absolute Gasteiger partial charge is 0.0563 e. The Bertz CT molecular complexity index is 46.2. The third-order valence-electron chi connectivity index (χ3n) is 0.183. The zero-order valence-corrected chi connectivity index (χ0v) is 10.1. The van der Waals surface area contributed by atoms with Gasteiger partial charge in [-0.3, -0.25) is 0 Å². The van der Waals surface area contributed by atoms with Crippen molar-refractivity contribution in [1.82, 2.24) is 0 Å². The van der Waals surface area contributed by atoms with Crippen molar-refractivity contribution in [2.75, 3.05) is 6.54 Å². The van der Waals surface area contributed by atoms with Gasteiger partial charge in [0.25, 0.3) is 0 Å².